The van der Waals surface area contributed by atoms with Crippen LogP contribution in [0.5, 0.6) is 0 Å². The molecular formula is C11H16O3. The van der Waals surface area contributed by atoms with Gasteiger partial charge in [-0.15, -0.1) is 0 Å². The van der Waals surface area contributed by atoms with Crippen molar-refractivity contribution in [2.45, 2.75) is 33.6 Å². The van der Waals surface area contributed by atoms with Crippen LogP contribution in [0.1, 0.15) is 33.6 Å². The molecule has 0 saturated heterocycles. The van der Waals surface area contributed by atoms with E-state index >= 15 is 0 Å². The van der Waals surface area contributed by atoms with Crippen LogP contribution < -0.4 is 0 Å². The fourth-order valence-corrected chi connectivity index (χ4v) is 1.88. The average molecular weight is 196 g/mol. The molecule has 1 atom stereocenters. The summed E-state index contributed by atoms with van der Waals surface area (Å²) >= 11 is 0. The minimum Gasteiger partial charge on any atom is -0.465 e. The maximum atomic E-state index is 11.7. The summed E-state index contributed by atoms with van der Waals surface area (Å²) < 4.78 is 4.93. The Morgan fingerprint density at radius 2 is 2.21 bits per heavy atom. The molecule has 0 aromatic heterocycles. The Kier molecular flexibility index (Phi) is 3.09. The summed E-state index contributed by atoms with van der Waals surface area (Å²) in [6, 6.07) is 0. The molecule has 0 unspecified atom stereocenters. The summed E-state index contributed by atoms with van der Waals surface area (Å²) in [5.74, 6) is -0.431. The van der Waals surface area contributed by atoms with Gasteiger partial charge in [0.25, 0.3) is 0 Å². The Balaban J connectivity index is 3.00. The third-order valence-electron chi connectivity index (χ3n) is 2.85. The maximum absolute atomic E-state index is 11.7. The minimum absolute atomic E-state index is 0.0240. The Bertz CT molecular complexity index is 291. The normalized spacial score (nSPS) is 29.6. The largest absolute Gasteiger partial charge is 0.465 e. The van der Waals surface area contributed by atoms with Crippen LogP contribution >= 0.6 is 0 Å². The second kappa shape index (κ2) is 3.95. The molecule has 1 rings (SSSR count). The molecule has 0 spiro atoms. The van der Waals surface area contributed by atoms with Crippen LogP contribution in [0, 0.1) is 5.41 Å². The number of allylic oxidation sites excluding steroid dienone is 1. The van der Waals surface area contributed by atoms with Crippen LogP contribution in [-0.4, -0.2) is 18.4 Å². The summed E-state index contributed by atoms with van der Waals surface area (Å²) in [4.78, 5) is 23.3. The lowest BCUT2D eigenvalue weighted by Crippen LogP contribution is -2.35. The first kappa shape index (κ1) is 11.0. The van der Waals surface area contributed by atoms with Gasteiger partial charge < -0.3 is 4.74 Å². The quantitative estimate of drug-likeness (QED) is 0.384. The highest BCUT2D eigenvalue weighted by Crippen LogP contribution is 2.40. The molecule has 0 aliphatic heterocycles. The molecule has 1 fully saturated rings. The van der Waals surface area contributed by atoms with Gasteiger partial charge in [0.1, 0.15) is 5.41 Å². The lowest BCUT2D eigenvalue weighted by molar-refractivity contribution is -0.155. The Morgan fingerprint density at radius 1 is 1.57 bits per heavy atom. The van der Waals surface area contributed by atoms with E-state index in [0.717, 1.165) is 5.57 Å². The SMILES string of the molecule is C/C=C1\CCC(=O)[C@]1(C)C(=O)OCC. The molecule has 0 aromatic rings. The van der Waals surface area contributed by atoms with Gasteiger partial charge in [0.2, 0.25) is 0 Å². The molecule has 0 amide bonds. The predicted octanol–water partition coefficient (Wildman–Crippen LogP) is 1.86. The highest BCUT2D eigenvalue weighted by molar-refractivity contribution is 6.08. The van der Waals surface area contributed by atoms with Crippen molar-refractivity contribution in [3.63, 3.8) is 0 Å². The third-order valence-corrected chi connectivity index (χ3v) is 2.85. The molecule has 0 N–H and O–H groups in total. The smallest absolute Gasteiger partial charge is 0.323 e. The molecule has 0 bridgehead atoms. The zero-order valence-electron chi connectivity index (χ0n) is 8.92. The van der Waals surface area contributed by atoms with Crippen molar-refractivity contribution in [1.29, 1.82) is 0 Å². The second-order valence-electron chi connectivity index (χ2n) is 3.58. The van der Waals surface area contributed by atoms with Crippen LogP contribution in [0.15, 0.2) is 11.6 Å². The van der Waals surface area contributed by atoms with E-state index in [2.05, 4.69) is 0 Å². The molecule has 14 heavy (non-hydrogen) atoms. The van der Waals surface area contributed by atoms with Crippen molar-refractivity contribution in [3.05, 3.63) is 11.6 Å². The number of carbonyl (C=O) groups excluding carboxylic acids is 2. The van der Waals surface area contributed by atoms with Gasteiger partial charge >= 0.3 is 5.97 Å². The zero-order valence-corrected chi connectivity index (χ0v) is 8.92. The molecule has 0 aromatic carbocycles. The van der Waals surface area contributed by atoms with Crippen LogP contribution in [0.3, 0.4) is 0 Å². The van der Waals surface area contributed by atoms with E-state index in [4.69, 9.17) is 4.74 Å². The molecule has 78 valence electrons. The summed E-state index contributed by atoms with van der Waals surface area (Å²) in [6.45, 7) is 5.58. The minimum atomic E-state index is -1.01. The van der Waals surface area contributed by atoms with Gasteiger partial charge in [0, 0.05) is 6.42 Å². The molecule has 0 heterocycles. The fourth-order valence-electron chi connectivity index (χ4n) is 1.88. The zero-order chi connectivity index (χ0) is 10.8. The van der Waals surface area contributed by atoms with Crippen LogP contribution in [-0.2, 0) is 14.3 Å². The van der Waals surface area contributed by atoms with Crippen molar-refractivity contribution in [2.24, 2.45) is 5.41 Å². The van der Waals surface area contributed by atoms with Gasteiger partial charge in [-0.1, -0.05) is 6.08 Å². The highest BCUT2D eigenvalue weighted by atomic mass is 16.5. The van der Waals surface area contributed by atoms with E-state index in [1.54, 1.807) is 13.8 Å². The van der Waals surface area contributed by atoms with Crippen LogP contribution in [0.4, 0.5) is 0 Å². The van der Waals surface area contributed by atoms with E-state index in [-0.39, 0.29) is 5.78 Å². The van der Waals surface area contributed by atoms with Gasteiger partial charge in [0.05, 0.1) is 6.61 Å². The Hall–Kier alpha value is -1.12. The van der Waals surface area contributed by atoms with Crippen LogP contribution in [0.25, 0.3) is 0 Å². The van der Waals surface area contributed by atoms with E-state index in [0.29, 0.717) is 19.4 Å². The van der Waals surface area contributed by atoms with Crippen molar-refractivity contribution in [3.8, 4) is 0 Å². The molecule has 1 aliphatic rings. The number of Topliss-reactive ketones (excluding diaryl/α,β-unsaturated/α-hetero) is 1. The fraction of sp³-hybridized carbons (Fsp3) is 0.636. The maximum Gasteiger partial charge on any atom is 0.323 e. The average Bonchev–Trinajstić information content (AvgIpc) is 2.45. The third kappa shape index (κ3) is 1.47. The van der Waals surface area contributed by atoms with E-state index in [1.807, 2.05) is 13.0 Å². The Labute approximate surface area is 84.1 Å². The summed E-state index contributed by atoms with van der Waals surface area (Å²) in [5.41, 5.74) is -0.119. The van der Waals surface area contributed by atoms with E-state index in [1.165, 1.54) is 0 Å². The molecule has 1 saturated carbocycles. The number of carbonyl (C=O) groups is 2. The van der Waals surface area contributed by atoms with Gasteiger partial charge in [-0.05, 0) is 32.8 Å². The number of ketones is 1. The first-order chi connectivity index (χ1) is 6.57. The van der Waals surface area contributed by atoms with Crippen molar-refractivity contribution in [1.82, 2.24) is 0 Å². The topological polar surface area (TPSA) is 43.4 Å². The van der Waals surface area contributed by atoms with Gasteiger partial charge in [0.15, 0.2) is 5.78 Å². The molecular weight excluding hydrogens is 180 g/mol. The highest BCUT2D eigenvalue weighted by Gasteiger charge is 2.48. The molecule has 0 radical (unpaired) electrons. The lowest BCUT2D eigenvalue weighted by Gasteiger charge is -2.21. The second-order valence-corrected chi connectivity index (χ2v) is 3.58. The van der Waals surface area contributed by atoms with Crippen molar-refractivity contribution < 1.29 is 14.3 Å². The molecule has 3 heteroatoms. The first-order valence-electron chi connectivity index (χ1n) is 4.93. The van der Waals surface area contributed by atoms with Gasteiger partial charge in [-0.2, -0.15) is 0 Å². The summed E-state index contributed by atoms with van der Waals surface area (Å²) in [7, 11) is 0. The summed E-state index contributed by atoms with van der Waals surface area (Å²) in [5, 5.41) is 0. The lowest BCUT2D eigenvalue weighted by atomic mass is 9.83. The van der Waals surface area contributed by atoms with Crippen molar-refractivity contribution >= 4 is 11.8 Å². The monoisotopic (exact) mass is 196 g/mol. The van der Waals surface area contributed by atoms with Gasteiger partial charge in [-0.25, -0.2) is 0 Å². The number of ether oxygens (including phenoxy) is 1. The summed E-state index contributed by atoms with van der Waals surface area (Å²) in [6.07, 6.45) is 2.99. The van der Waals surface area contributed by atoms with Crippen molar-refractivity contribution in [2.75, 3.05) is 6.61 Å². The number of hydrogen-bond acceptors (Lipinski definition) is 3. The number of hydrogen-bond donors (Lipinski definition) is 0. The van der Waals surface area contributed by atoms with Crippen LogP contribution in [0.2, 0.25) is 0 Å². The predicted molar refractivity (Wildman–Crippen MR) is 52.7 cm³/mol. The number of esters is 1. The standard InChI is InChI=1S/C11H16O3/c1-4-8-6-7-9(12)11(8,3)10(13)14-5-2/h4H,5-7H2,1-3H3/b8-4+/t11-/m1/s1. The molecule has 1 aliphatic carbocycles. The Morgan fingerprint density at radius 3 is 2.71 bits per heavy atom. The molecule has 3 nitrogen and oxygen atoms in total. The van der Waals surface area contributed by atoms with Gasteiger partial charge in [-0.3, -0.25) is 9.59 Å². The van der Waals surface area contributed by atoms with E-state index < -0.39 is 11.4 Å². The van der Waals surface area contributed by atoms with E-state index in [9.17, 15) is 9.59 Å². The first-order valence-corrected chi connectivity index (χ1v) is 4.93. The number of rotatable bonds is 2.